The highest BCUT2D eigenvalue weighted by Gasteiger charge is 2.29. The SMILES string of the molecule is O=C(Nc1ccc(S(=O)(=O)N2CCN(c3cnccn3)CC2)cc1)c1ccc(-c2ccccc2)cc1. The molecule has 4 aromatic rings. The Balaban J connectivity index is 1.21. The number of aromatic nitrogens is 2. The van der Waals surface area contributed by atoms with Gasteiger partial charge in [0.25, 0.3) is 5.91 Å². The lowest BCUT2D eigenvalue weighted by molar-refractivity contribution is 0.102. The molecule has 36 heavy (non-hydrogen) atoms. The van der Waals surface area contributed by atoms with Crippen molar-refractivity contribution >= 4 is 27.4 Å². The van der Waals surface area contributed by atoms with E-state index in [1.165, 1.54) is 16.4 Å². The lowest BCUT2D eigenvalue weighted by Gasteiger charge is -2.34. The van der Waals surface area contributed by atoms with Crippen LogP contribution in [-0.4, -0.2) is 54.8 Å². The molecule has 0 bridgehead atoms. The van der Waals surface area contributed by atoms with E-state index in [2.05, 4.69) is 15.3 Å². The summed E-state index contributed by atoms with van der Waals surface area (Å²) in [5, 5.41) is 2.83. The predicted molar refractivity (Wildman–Crippen MR) is 139 cm³/mol. The van der Waals surface area contributed by atoms with Crippen molar-refractivity contribution in [3.63, 3.8) is 0 Å². The van der Waals surface area contributed by atoms with Gasteiger partial charge in [-0.3, -0.25) is 9.78 Å². The molecule has 0 atom stereocenters. The van der Waals surface area contributed by atoms with E-state index in [1.54, 1.807) is 42.9 Å². The minimum absolute atomic E-state index is 0.195. The number of hydrogen-bond donors (Lipinski definition) is 1. The molecular formula is C27H25N5O3S. The Morgan fingerprint density at radius 3 is 2.08 bits per heavy atom. The number of hydrogen-bond acceptors (Lipinski definition) is 6. The number of piperazine rings is 1. The molecule has 0 radical (unpaired) electrons. The second-order valence-corrected chi connectivity index (χ2v) is 10.3. The van der Waals surface area contributed by atoms with Crippen molar-refractivity contribution in [3.05, 3.63) is 103 Å². The van der Waals surface area contributed by atoms with Crippen LogP contribution < -0.4 is 10.2 Å². The fourth-order valence-electron chi connectivity index (χ4n) is 4.12. The van der Waals surface area contributed by atoms with Crippen LogP contribution in [0.4, 0.5) is 11.5 Å². The topological polar surface area (TPSA) is 95.5 Å². The normalized spacial score (nSPS) is 14.4. The van der Waals surface area contributed by atoms with Crippen LogP contribution in [0.1, 0.15) is 10.4 Å². The van der Waals surface area contributed by atoms with Gasteiger partial charge in [-0.05, 0) is 47.5 Å². The molecule has 0 saturated carbocycles. The van der Waals surface area contributed by atoms with E-state index in [9.17, 15) is 13.2 Å². The van der Waals surface area contributed by atoms with E-state index in [0.717, 1.165) is 16.9 Å². The summed E-state index contributed by atoms with van der Waals surface area (Å²) in [6.07, 6.45) is 4.91. The van der Waals surface area contributed by atoms with E-state index in [1.807, 2.05) is 47.4 Å². The van der Waals surface area contributed by atoms with Gasteiger partial charge in [0.1, 0.15) is 5.82 Å². The predicted octanol–water partition coefficient (Wildman–Crippen LogP) is 3.91. The largest absolute Gasteiger partial charge is 0.353 e. The highest BCUT2D eigenvalue weighted by atomic mass is 32.2. The van der Waals surface area contributed by atoms with Crippen molar-refractivity contribution < 1.29 is 13.2 Å². The third-order valence-corrected chi connectivity index (χ3v) is 8.03. The number of nitrogens with zero attached hydrogens (tertiary/aromatic N) is 4. The molecule has 0 aliphatic carbocycles. The summed E-state index contributed by atoms with van der Waals surface area (Å²) < 4.78 is 27.7. The van der Waals surface area contributed by atoms with E-state index >= 15 is 0 Å². The van der Waals surface area contributed by atoms with Gasteiger partial charge >= 0.3 is 0 Å². The van der Waals surface area contributed by atoms with Crippen LogP contribution in [0.3, 0.4) is 0 Å². The summed E-state index contributed by atoms with van der Waals surface area (Å²) in [7, 11) is -3.64. The molecule has 1 amide bonds. The smallest absolute Gasteiger partial charge is 0.255 e. The van der Waals surface area contributed by atoms with Crippen molar-refractivity contribution in [3.8, 4) is 11.1 Å². The zero-order chi connectivity index (χ0) is 25.0. The number of benzene rings is 3. The third-order valence-electron chi connectivity index (χ3n) is 6.12. The first-order valence-electron chi connectivity index (χ1n) is 11.6. The van der Waals surface area contributed by atoms with E-state index in [0.29, 0.717) is 37.4 Å². The molecule has 0 spiro atoms. The van der Waals surface area contributed by atoms with Gasteiger partial charge in [0, 0.05) is 49.8 Å². The Morgan fingerprint density at radius 2 is 1.44 bits per heavy atom. The average Bonchev–Trinajstić information content (AvgIpc) is 2.94. The Hall–Kier alpha value is -4.08. The quantitative estimate of drug-likeness (QED) is 0.432. The second kappa shape index (κ2) is 10.3. The molecule has 1 N–H and O–H groups in total. The maximum Gasteiger partial charge on any atom is 0.255 e. The van der Waals surface area contributed by atoms with Crippen LogP contribution in [0.2, 0.25) is 0 Å². The number of anilines is 2. The van der Waals surface area contributed by atoms with Gasteiger partial charge in [-0.1, -0.05) is 42.5 Å². The summed E-state index contributed by atoms with van der Waals surface area (Å²) in [5.74, 6) is 0.481. The summed E-state index contributed by atoms with van der Waals surface area (Å²) in [5.41, 5.74) is 3.15. The van der Waals surface area contributed by atoms with Gasteiger partial charge in [0.15, 0.2) is 0 Å². The molecule has 1 saturated heterocycles. The molecular weight excluding hydrogens is 474 g/mol. The summed E-state index contributed by atoms with van der Waals surface area (Å²) in [6.45, 7) is 1.79. The molecule has 1 fully saturated rings. The Labute approximate surface area is 210 Å². The number of carbonyl (C=O) groups is 1. The molecule has 1 aliphatic rings. The minimum Gasteiger partial charge on any atom is -0.353 e. The van der Waals surface area contributed by atoms with Crippen LogP contribution in [0.15, 0.2) is 102 Å². The lowest BCUT2D eigenvalue weighted by atomic mass is 10.0. The van der Waals surface area contributed by atoms with E-state index in [-0.39, 0.29) is 10.8 Å². The standard InChI is InChI=1S/C27H25N5O3S/c33-27(23-8-6-22(7-9-23)21-4-2-1-3-5-21)30-24-10-12-25(13-11-24)36(34,35)32-18-16-31(17-19-32)26-20-28-14-15-29-26/h1-15,20H,16-19H2,(H,30,33). The van der Waals surface area contributed by atoms with Crippen LogP contribution in [-0.2, 0) is 10.0 Å². The summed E-state index contributed by atoms with van der Waals surface area (Å²) in [4.78, 5) is 23.3. The molecule has 2 heterocycles. The highest BCUT2D eigenvalue weighted by molar-refractivity contribution is 7.89. The Morgan fingerprint density at radius 1 is 0.778 bits per heavy atom. The first kappa shape index (κ1) is 23.7. The maximum absolute atomic E-state index is 13.1. The van der Waals surface area contributed by atoms with Crippen molar-refractivity contribution in [1.29, 1.82) is 0 Å². The van der Waals surface area contributed by atoms with Crippen LogP contribution in [0.5, 0.6) is 0 Å². The van der Waals surface area contributed by atoms with Gasteiger partial charge in [-0.2, -0.15) is 4.31 Å². The van der Waals surface area contributed by atoms with Gasteiger partial charge in [-0.25, -0.2) is 13.4 Å². The second-order valence-electron chi connectivity index (χ2n) is 8.38. The number of nitrogens with one attached hydrogen (secondary N) is 1. The Bertz CT molecular complexity index is 1420. The summed E-state index contributed by atoms with van der Waals surface area (Å²) >= 11 is 0. The summed E-state index contributed by atoms with van der Waals surface area (Å²) in [6, 6.07) is 23.6. The monoisotopic (exact) mass is 499 g/mol. The van der Waals surface area contributed by atoms with Crippen LogP contribution in [0.25, 0.3) is 11.1 Å². The third kappa shape index (κ3) is 5.12. The van der Waals surface area contributed by atoms with Crippen molar-refractivity contribution in [2.75, 3.05) is 36.4 Å². The zero-order valence-corrected chi connectivity index (χ0v) is 20.3. The molecule has 0 unspecified atom stereocenters. The fraction of sp³-hybridized carbons (Fsp3) is 0.148. The van der Waals surface area contributed by atoms with Crippen LogP contribution >= 0.6 is 0 Å². The minimum atomic E-state index is -3.64. The van der Waals surface area contributed by atoms with Gasteiger partial charge in [-0.15, -0.1) is 0 Å². The average molecular weight is 500 g/mol. The van der Waals surface area contributed by atoms with Crippen LogP contribution in [0, 0.1) is 0 Å². The molecule has 5 rings (SSSR count). The molecule has 9 heteroatoms. The van der Waals surface area contributed by atoms with Crippen molar-refractivity contribution in [2.24, 2.45) is 0 Å². The van der Waals surface area contributed by atoms with Gasteiger partial charge < -0.3 is 10.2 Å². The van der Waals surface area contributed by atoms with Crippen molar-refractivity contribution in [2.45, 2.75) is 4.90 Å². The first-order valence-corrected chi connectivity index (χ1v) is 13.0. The highest BCUT2D eigenvalue weighted by Crippen LogP contribution is 2.23. The van der Waals surface area contributed by atoms with Gasteiger partial charge in [0.05, 0.1) is 11.1 Å². The van der Waals surface area contributed by atoms with Crippen molar-refractivity contribution in [1.82, 2.24) is 14.3 Å². The number of amides is 1. The first-order chi connectivity index (χ1) is 17.5. The fourth-order valence-corrected chi connectivity index (χ4v) is 5.54. The van der Waals surface area contributed by atoms with E-state index in [4.69, 9.17) is 0 Å². The number of rotatable bonds is 6. The van der Waals surface area contributed by atoms with E-state index < -0.39 is 10.0 Å². The molecule has 1 aromatic heterocycles. The molecule has 8 nitrogen and oxygen atoms in total. The maximum atomic E-state index is 13.1. The molecule has 3 aromatic carbocycles. The number of sulfonamides is 1. The van der Waals surface area contributed by atoms with Gasteiger partial charge in [0.2, 0.25) is 10.0 Å². The lowest BCUT2D eigenvalue weighted by Crippen LogP contribution is -2.48. The molecule has 182 valence electrons. The Kier molecular flexibility index (Phi) is 6.75. The zero-order valence-electron chi connectivity index (χ0n) is 19.5. The molecule has 1 aliphatic heterocycles. The number of carbonyl (C=O) groups excluding carboxylic acids is 1.